The average Bonchev–Trinajstić information content (AvgIpc) is 2.95. The SMILES string of the molecule is BrCC(Br)COC[C@H](Br)CBr.BrCC(Br)COC[C@H](Br)CBr.Oc1cc(Br)c(Br)c(Br)c1Br.Oc1ccccc1. The molecule has 0 aliphatic carbocycles. The molecule has 2 N–H and O–H groups in total. The van der Waals surface area contributed by atoms with Gasteiger partial charge in [0.2, 0.25) is 0 Å². The van der Waals surface area contributed by atoms with Crippen molar-refractivity contribution in [3.8, 4) is 11.5 Å². The lowest BCUT2D eigenvalue weighted by Gasteiger charge is -2.09. The van der Waals surface area contributed by atoms with Crippen molar-refractivity contribution in [2.24, 2.45) is 0 Å². The summed E-state index contributed by atoms with van der Waals surface area (Å²) < 4.78 is 13.9. The molecule has 0 spiro atoms. The van der Waals surface area contributed by atoms with Crippen LogP contribution in [0.25, 0.3) is 0 Å². The Morgan fingerprint density at radius 2 is 0.900 bits per heavy atom. The Labute approximate surface area is 338 Å². The number of hydrogen-bond donors (Lipinski definition) is 2. The van der Waals surface area contributed by atoms with Gasteiger partial charge >= 0.3 is 0 Å². The monoisotopic (exact) mass is 1330 g/mol. The molecule has 4 nitrogen and oxygen atoms in total. The maximum Gasteiger partial charge on any atom is 0.132 e. The van der Waals surface area contributed by atoms with Gasteiger partial charge in [0.25, 0.3) is 0 Å². The molecule has 0 fully saturated rings. The normalized spacial score (nSPS) is 13.3. The summed E-state index contributed by atoms with van der Waals surface area (Å²) in [7, 11) is 0. The number of halogens is 12. The van der Waals surface area contributed by atoms with E-state index in [-0.39, 0.29) is 5.75 Å². The van der Waals surface area contributed by atoms with Crippen LogP contribution in [0, 0.1) is 0 Å². The molecular formula is C24H28Br12O4. The van der Waals surface area contributed by atoms with Gasteiger partial charge in [0.15, 0.2) is 0 Å². The van der Waals surface area contributed by atoms with E-state index in [0.717, 1.165) is 61.2 Å². The quantitative estimate of drug-likeness (QED) is 0.126. The van der Waals surface area contributed by atoms with Gasteiger partial charge in [-0.1, -0.05) is 146 Å². The van der Waals surface area contributed by atoms with Gasteiger partial charge in [0.05, 0.1) is 35.4 Å². The van der Waals surface area contributed by atoms with Crippen LogP contribution in [0.15, 0.2) is 54.3 Å². The van der Waals surface area contributed by atoms with Crippen molar-refractivity contribution in [3.63, 3.8) is 0 Å². The molecule has 2 aromatic rings. The number of para-hydroxylation sites is 1. The van der Waals surface area contributed by atoms with Crippen molar-refractivity contribution in [3.05, 3.63) is 54.3 Å². The Morgan fingerprint density at radius 3 is 1.18 bits per heavy atom. The Morgan fingerprint density at radius 1 is 0.550 bits per heavy atom. The third kappa shape index (κ3) is 25.9. The maximum atomic E-state index is 9.28. The molecule has 40 heavy (non-hydrogen) atoms. The zero-order valence-corrected chi connectivity index (χ0v) is 39.7. The van der Waals surface area contributed by atoms with Crippen molar-refractivity contribution in [2.45, 2.75) is 19.3 Å². The van der Waals surface area contributed by atoms with Crippen LogP contribution in [0.2, 0.25) is 0 Å². The first-order valence-electron chi connectivity index (χ1n) is 11.1. The molecule has 0 aromatic heterocycles. The number of benzene rings is 2. The van der Waals surface area contributed by atoms with Crippen LogP contribution in [0.4, 0.5) is 0 Å². The summed E-state index contributed by atoms with van der Waals surface area (Å²) in [5.41, 5.74) is 0. The van der Waals surface area contributed by atoms with Gasteiger partial charge in [-0.05, 0) is 81.9 Å². The summed E-state index contributed by atoms with van der Waals surface area (Å²) in [6.07, 6.45) is 0. The summed E-state index contributed by atoms with van der Waals surface area (Å²) >= 11 is 40.3. The minimum absolute atomic E-state index is 0.201. The number of rotatable bonds is 12. The lowest BCUT2D eigenvalue weighted by Crippen LogP contribution is -2.16. The van der Waals surface area contributed by atoms with Gasteiger partial charge in [-0.15, -0.1) is 0 Å². The second-order valence-electron chi connectivity index (χ2n) is 7.24. The van der Waals surface area contributed by atoms with Crippen molar-refractivity contribution >= 4 is 191 Å². The van der Waals surface area contributed by atoms with Crippen LogP contribution in [0.1, 0.15) is 0 Å². The highest BCUT2D eigenvalue weighted by Gasteiger charge is 2.10. The minimum atomic E-state index is 0.201. The predicted octanol–water partition coefficient (Wildman–Crippen LogP) is 12.5. The first-order chi connectivity index (χ1) is 18.8. The number of hydrogen-bond acceptors (Lipinski definition) is 4. The summed E-state index contributed by atoms with van der Waals surface area (Å²) in [5, 5.41) is 21.6. The van der Waals surface area contributed by atoms with Gasteiger partial charge in [-0.2, -0.15) is 0 Å². The number of phenolic OH excluding ortho intramolecular Hbond substituents is 2. The van der Waals surface area contributed by atoms with E-state index in [1.54, 1.807) is 30.3 Å². The molecule has 0 saturated carbocycles. The number of phenols is 2. The highest BCUT2D eigenvalue weighted by Crippen LogP contribution is 2.41. The Bertz CT molecular complexity index is 814. The zero-order valence-electron chi connectivity index (χ0n) is 20.7. The summed E-state index contributed by atoms with van der Waals surface area (Å²) in [6.45, 7) is 3.00. The standard InChI is InChI=1S/C6H2Br4O.2C6H10Br4O.C6H6O/c7-2-1-3(11)5(9)6(10)4(2)8;2*7-1-5(9)3-11-4-6(10)2-8;7-6-4-2-1-3-5-6/h1,11H;2*5-6H,1-4H2;1-5,7H/t;2*5-,6?;/m.11./s1. The fourth-order valence-electron chi connectivity index (χ4n) is 1.81. The molecule has 0 heterocycles. The number of alkyl halides is 8. The second kappa shape index (κ2) is 30.1. The second-order valence-corrected chi connectivity index (χ2v) is 18.2. The fraction of sp³-hybridized carbons (Fsp3) is 0.500. The van der Waals surface area contributed by atoms with Crippen LogP contribution >= 0.6 is 191 Å². The molecule has 2 rings (SSSR count). The Balaban J connectivity index is 0. The molecule has 0 aliphatic rings. The van der Waals surface area contributed by atoms with Crippen LogP contribution in [0.5, 0.6) is 11.5 Å². The molecule has 16 heteroatoms. The molecular weight excluding hydrogens is 1310 g/mol. The predicted molar refractivity (Wildman–Crippen MR) is 215 cm³/mol. The molecule has 0 bridgehead atoms. The van der Waals surface area contributed by atoms with E-state index in [1.807, 2.05) is 6.07 Å². The summed E-state index contributed by atoms with van der Waals surface area (Å²) in [6, 6.07) is 10.3. The Hall–Kier alpha value is 3.72. The van der Waals surface area contributed by atoms with Crippen molar-refractivity contribution in [1.82, 2.24) is 0 Å². The third-order valence-corrected chi connectivity index (χ3v) is 17.3. The van der Waals surface area contributed by atoms with Gasteiger partial charge in [-0.3, -0.25) is 0 Å². The molecule has 2 aromatic carbocycles. The van der Waals surface area contributed by atoms with E-state index < -0.39 is 0 Å². The van der Waals surface area contributed by atoms with Crippen molar-refractivity contribution in [2.75, 3.05) is 47.7 Å². The van der Waals surface area contributed by atoms with Gasteiger partial charge in [-0.25, -0.2) is 0 Å². The highest BCUT2D eigenvalue weighted by molar-refractivity contribution is 9.15. The van der Waals surface area contributed by atoms with E-state index in [2.05, 4.69) is 191 Å². The lowest BCUT2D eigenvalue weighted by atomic mass is 10.3. The van der Waals surface area contributed by atoms with E-state index in [9.17, 15) is 5.11 Å². The highest BCUT2D eigenvalue weighted by atomic mass is 79.9. The lowest BCUT2D eigenvalue weighted by molar-refractivity contribution is 0.145. The van der Waals surface area contributed by atoms with Crippen molar-refractivity contribution in [1.29, 1.82) is 0 Å². The van der Waals surface area contributed by atoms with E-state index in [1.165, 1.54) is 0 Å². The molecule has 4 atom stereocenters. The van der Waals surface area contributed by atoms with E-state index in [0.29, 0.717) is 29.5 Å². The first kappa shape index (κ1) is 45.8. The van der Waals surface area contributed by atoms with Crippen LogP contribution in [-0.4, -0.2) is 77.3 Å². The third-order valence-electron chi connectivity index (χ3n) is 3.70. The van der Waals surface area contributed by atoms with Gasteiger partial charge in [0.1, 0.15) is 11.5 Å². The molecule has 0 saturated heterocycles. The topological polar surface area (TPSA) is 58.9 Å². The zero-order chi connectivity index (χ0) is 31.1. The fourth-order valence-corrected chi connectivity index (χ4v) is 5.30. The van der Waals surface area contributed by atoms with Gasteiger partial charge in [0, 0.05) is 49.6 Å². The van der Waals surface area contributed by atoms with E-state index in [4.69, 9.17) is 14.6 Å². The smallest absolute Gasteiger partial charge is 0.132 e. The van der Waals surface area contributed by atoms with Crippen LogP contribution in [0.3, 0.4) is 0 Å². The average molecular weight is 1340 g/mol. The van der Waals surface area contributed by atoms with Crippen molar-refractivity contribution < 1.29 is 19.7 Å². The van der Waals surface area contributed by atoms with Crippen LogP contribution < -0.4 is 0 Å². The maximum absolute atomic E-state index is 9.28. The number of aromatic hydroxyl groups is 2. The van der Waals surface area contributed by atoms with Gasteiger partial charge < -0.3 is 19.7 Å². The summed E-state index contributed by atoms with van der Waals surface area (Å²) in [4.78, 5) is 1.66. The molecule has 232 valence electrons. The molecule has 0 amide bonds. The number of ether oxygens (including phenoxy) is 2. The Kier molecular flexibility index (Phi) is 34.5. The van der Waals surface area contributed by atoms with Crippen LogP contribution in [-0.2, 0) is 9.47 Å². The molecule has 0 radical (unpaired) electrons. The minimum Gasteiger partial charge on any atom is -0.508 e. The largest absolute Gasteiger partial charge is 0.508 e. The summed E-state index contributed by atoms with van der Waals surface area (Å²) in [5.74, 6) is 0.523. The molecule has 2 unspecified atom stereocenters. The molecule has 0 aliphatic heterocycles. The first-order valence-corrected chi connectivity index (χ1v) is 22.4. The van der Waals surface area contributed by atoms with E-state index >= 15 is 0 Å².